The molecule has 1 aromatic carbocycles. The molecule has 128 valence electrons. The van der Waals surface area contributed by atoms with Crippen LogP contribution in [-0.4, -0.2) is 57.8 Å². The number of aromatic amines is 1. The molecule has 3 aromatic rings. The van der Waals surface area contributed by atoms with Crippen molar-refractivity contribution in [3.8, 4) is 0 Å². The number of benzene rings is 1. The van der Waals surface area contributed by atoms with Crippen LogP contribution in [0.25, 0.3) is 11.0 Å². The number of amides is 2. The minimum absolute atomic E-state index is 0.136. The average molecular weight is 338 g/mol. The van der Waals surface area contributed by atoms with E-state index in [1.54, 1.807) is 21.9 Å². The normalized spacial score (nSPS) is 15.4. The molecule has 1 fully saturated rings. The Kier molecular flexibility index (Phi) is 3.97. The highest BCUT2D eigenvalue weighted by Gasteiger charge is 2.25. The third-order valence-electron chi connectivity index (χ3n) is 4.39. The van der Waals surface area contributed by atoms with Gasteiger partial charge in [-0.05, 0) is 30.7 Å². The number of carbonyl (C=O) groups excluding carboxylic acids is 2. The fraction of sp³-hybridized carbons (Fsp3) is 0.278. The van der Waals surface area contributed by atoms with Crippen molar-refractivity contribution in [2.75, 3.05) is 26.2 Å². The first kappa shape index (κ1) is 15.4. The molecule has 0 spiro atoms. The van der Waals surface area contributed by atoms with Crippen LogP contribution in [0, 0.1) is 0 Å². The van der Waals surface area contributed by atoms with E-state index in [0.29, 0.717) is 37.8 Å². The number of para-hydroxylation sites is 2. The largest absolute Gasteiger partial charge is 0.459 e. The third kappa shape index (κ3) is 3.00. The van der Waals surface area contributed by atoms with Crippen LogP contribution >= 0.6 is 0 Å². The van der Waals surface area contributed by atoms with Crippen LogP contribution in [0.5, 0.6) is 0 Å². The number of aromatic nitrogens is 2. The van der Waals surface area contributed by atoms with Crippen molar-refractivity contribution in [1.29, 1.82) is 0 Å². The first-order valence-electron chi connectivity index (χ1n) is 8.29. The Hall–Kier alpha value is -3.09. The van der Waals surface area contributed by atoms with Gasteiger partial charge in [0.2, 0.25) is 0 Å². The van der Waals surface area contributed by atoms with Gasteiger partial charge in [0.25, 0.3) is 11.8 Å². The van der Waals surface area contributed by atoms with Crippen LogP contribution in [0.1, 0.15) is 27.6 Å². The summed E-state index contributed by atoms with van der Waals surface area (Å²) in [6.45, 7) is 2.15. The molecule has 2 amide bonds. The lowest BCUT2D eigenvalue weighted by Crippen LogP contribution is -2.37. The van der Waals surface area contributed by atoms with E-state index in [2.05, 4.69) is 9.97 Å². The van der Waals surface area contributed by atoms with E-state index in [4.69, 9.17) is 4.42 Å². The van der Waals surface area contributed by atoms with Crippen molar-refractivity contribution in [3.05, 3.63) is 54.2 Å². The number of H-pyrrole nitrogens is 1. The first-order chi connectivity index (χ1) is 12.2. The van der Waals surface area contributed by atoms with Crippen molar-refractivity contribution in [1.82, 2.24) is 19.8 Å². The highest BCUT2D eigenvalue weighted by Crippen LogP contribution is 2.14. The second-order valence-corrected chi connectivity index (χ2v) is 6.02. The molecule has 3 heterocycles. The quantitative estimate of drug-likeness (QED) is 0.776. The maximum Gasteiger partial charge on any atom is 0.289 e. The minimum Gasteiger partial charge on any atom is -0.459 e. The molecule has 1 N–H and O–H groups in total. The molecular weight excluding hydrogens is 320 g/mol. The van der Waals surface area contributed by atoms with Gasteiger partial charge in [0, 0.05) is 26.2 Å². The van der Waals surface area contributed by atoms with Gasteiger partial charge in [-0.2, -0.15) is 0 Å². The summed E-state index contributed by atoms with van der Waals surface area (Å²) in [6.07, 6.45) is 2.21. The smallest absolute Gasteiger partial charge is 0.289 e. The van der Waals surface area contributed by atoms with Gasteiger partial charge in [0.05, 0.1) is 17.3 Å². The number of nitrogens with zero attached hydrogens (tertiary/aromatic N) is 3. The van der Waals surface area contributed by atoms with E-state index < -0.39 is 0 Å². The predicted molar refractivity (Wildman–Crippen MR) is 91.2 cm³/mol. The lowest BCUT2D eigenvalue weighted by atomic mass is 10.3. The summed E-state index contributed by atoms with van der Waals surface area (Å²) in [5.74, 6) is 0.399. The third-order valence-corrected chi connectivity index (χ3v) is 4.39. The van der Waals surface area contributed by atoms with E-state index >= 15 is 0 Å². The summed E-state index contributed by atoms with van der Waals surface area (Å²) < 4.78 is 5.18. The van der Waals surface area contributed by atoms with Gasteiger partial charge in [-0.1, -0.05) is 12.1 Å². The summed E-state index contributed by atoms with van der Waals surface area (Å²) in [7, 11) is 0. The molecule has 0 aliphatic carbocycles. The Labute approximate surface area is 144 Å². The Bertz CT molecular complexity index is 867. The molecule has 0 unspecified atom stereocenters. The van der Waals surface area contributed by atoms with Crippen LogP contribution in [0.3, 0.4) is 0 Å². The summed E-state index contributed by atoms with van der Waals surface area (Å²) >= 11 is 0. The topological polar surface area (TPSA) is 82.4 Å². The molecule has 7 nitrogen and oxygen atoms in total. The van der Waals surface area contributed by atoms with Crippen molar-refractivity contribution in [2.24, 2.45) is 0 Å². The Morgan fingerprint density at radius 1 is 0.960 bits per heavy atom. The summed E-state index contributed by atoms with van der Waals surface area (Å²) in [5, 5.41) is 0. The Morgan fingerprint density at radius 3 is 2.44 bits per heavy atom. The summed E-state index contributed by atoms with van der Waals surface area (Å²) in [6, 6.07) is 10.9. The zero-order valence-corrected chi connectivity index (χ0v) is 13.6. The molecule has 0 saturated carbocycles. The number of rotatable bonds is 2. The van der Waals surface area contributed by atoms with Crippen LogP contribution < -0.4 is 0 Å². The fourth-order valence-corrected chi connectivity index (χ4v) is 3.08. The van der Waals surface area contributed by atoms with Crippen molar-refractivity contribution in [3.63, 3.8) is 0 Å². The van der Waals surface area contributed by atoms with Crippen molar-refractivity contribution < 1.29 is 14.0 Å². The van der Waals surface area contributed by atoms with Gasteiger partial charge in [-0.25, -0.2) is 4.98 Å². The van der Waals surface area contributed by atoms with Crippen LogP contribution in [0.15, 0.2) is 47.1 Å². The zero-order chi connectivity index (χ0) is 17.2. The number of nitrogens with one attached hydrogen (secondary N) is 1. The van der Waals surface area contributed by atoms with Gasteiger partial charge in [0.15, 0.2) is 11.6 Å². The number of hydrogen-bond acceptors (Lipinski definition) is 4. The number of carbonyl (C=O) groups is 2. The van der Waals surface area contributed by atoms with Crippen molar-refractivity contribution >= 4 is 22.8 Å². The highest BCUT2D eigenvalue weighted by atomic mass is 16.3. The van der Waals surface area contributed by atoms with E-state index in [1.807, 2.05) is 24.3 Å². The van der Waals surface area contributed by atoms with Crippen LogP contribution in [0.4, 0.5) is 0 Å². The summed E-state index contributed by atoms with van der Waals surface area (Å²) in [4.78, 5) is 36.0. The molecule has 1 saturated heterocycles. The first-order valence-corrected chi connectivity index (χ1v) is 8.29. The van der Waals surface area contributed by atoms with Gasteiger partial charge in [0.1, 0.15) is 0 Å². The predicted octanol–water partition coefficient (Wildman–Crippen LogP) is 2.14. The molecule has 0 atom stereocenters. The second kappa shape index (κ2) is 6.43. The Morgan fingerprint density at radius 2 is 1.72 bits per heavy atom. The number of fused-ring (bicyclic) bond motifs is 1. The van der Waals surface area contributed by atoms with E-state index in [1.165, 1.54) is 6.26 Å². The molecule has 25 heavy (non-hydrogen) atoms. The standard InChI is InChI=1S/C18H18N4O3/c23-17(15-7-3-12-25-15)21-8-4-9-22(11-10-21)18(24)16-19-13-5-1-2-6-14(13)20-16/h1-3,5-7,12H,4,8-11H2,(H,19,20). The second-order valence-electron chi connectivity index (χ2n) is 6.02. The van der Waals surface area contributed by atoms with Gasteiger partial charge in [-0.3, -0.25) is 9.59 Å². The van der Waals surface area contributed by atoms with Gasteiger partial charge < -0.3 is 19.2 Å². The van der Waals surface area contributed by atoms with Crippen LogP contribution in [0.2, 0.25) is 0 Å². The lowest BCUT2D eigenvalue weighted by Gasteiger charge is -2.20. The molecule has 0 bridgehead atoms. The molecule has 0 radical (unpaired) electrons. The molecule has 7 heteroatoms. The maximum atomic E-state index is 12.7. The fourth-order valence-electron chi connectivity index (χ4n) is 3.08. The van der Waals surface area contributed by atoms with E-state index in [9.17, 15) is 9.59 Å². The zero-order valence-electron chi connectivity index (χ0n) is 13.6. The molecular formula is C18H18N4O3. The van der Waals surface area contributed by atoms with E-state index in [-0.39, 0.29) is 11.8 Å². The number of furan rings is 1. The molecule has 2 aromatic heterocycles. The molecule has 4 rings (SSSR count). The molecule has 1 aliphatic rings. The number of imidazole rings is 1. The van der Waals surface area contributed by atoms with Crippen molar-refractivity contribution in [2.45, 2.75) is 6.42 Å². The average Bonchev–Trinajstić information content (AvgIpc) is 3.25. The minimum atomic E-state index is -0.136. The molecule has 1 aliphatic heterocycles. The van der Waals surface area contributed by atoms with E-state index in [0.717, 1.165) is 17.5 Å². The Balaban J connectivity index is 1.46. The van der Waals surface area contributed by atoms with Gasteiger partial charge >= 0.3 is 0 Å². The van der Waals surface area contributed by atoms with Crippen LogP contribution in [-0.2, 0) is 0 Å². The SMILES string of the molecule is O=C(c1nc2ccccc2[nH]1)N1CCCN(C(=O)c2ccco2)CC1. The maximum absolute atomic E-state index is 12.7. The van der Waals surface area contributed by atoms with Gasteiger partial charge in [-0.15, -0.1) is 0 Å². The monoisotopic (exact) mass is 338 g/mol. The highest BCUT2D eigenvalue weighted by molar-refractivity contribution is 5.94. The lowest BCUT2D eigenvalue weighted by molar-refractivity contribution is 0.0696. The summed E-state index contributed by atoms with van der Waals surface area (Å²) in [5.41, 5.74) is 1.62. The number of hydrogen-bond donors (Lipinski definition) is 1.